The first kappa shape index (κ1) is 24.1. The Morgan fingerprint density at radius 3 is 1.64 bits per heavy atom. The lowest BCUT2D eigenvalue weighted by Gasteiger charge is -2.04. The maximum Gasteiger partial charge on any atom is 0.238 e. The second-order valence-corrected chi connectivity index (χ2v) is 9.00. The molecule has 0 aliphatic rings. The molecule has 0 aromatic heterocycles. The van der Waals surface area contributed by atoms with Gasteiger partial charge in [0.15, 0.2) is 0 Å². The van der Waals surface area contributed by atoms with Gasteiger partial charge in [0, 0.05) is 12.8 Å². The fraction of sp³-hybridized carbons (Fsp3) is 0.619. The first-order valence-corrected chi connectivity index (χ1v) is 11.8. The fourth-order valence-corrected chi connectivity index (χ4v) is 3.12. The van der Waals surface area contributed by atoms with E-state index in [1.165, 1.54) is 32.3 Å². The van der Waals surface area contributed by atoms with Crippen molar-refractivity contribution in [3.63, 3.8) is 0 Å². The van der Waals surface area contributed by atoms with Crippen LogP contribution in [0.25, 0.3) is 0 Å². The summed E-state index contributed by atoms with van der Waals surface area (Å²) in [5, 5.41) is 0. The molecule has 0 amide bonds. The summed E-state index contributed by atoms with van der Waals surface area (Å²) in [4.78, 5) is 0. The van der Waals surface area contributed by atoms with E-state index in [1.54, 1.807) is 0 Å². The first-order valence-electron chi connectivity index (χ1n) is 9.59. The molecule has 0 N–H and O–H groups in total. The molecular weight excluding hydrogens is 334 g/mol. The Kier molecular flexibility index (Phi) is 17.2. The molecule has 0 spiro atoms. The van der Waals surface area contributed by atoms with Crippen molar-refractivity contribution in [1.82, 2.24) is 0 Å². The van der Waals surface area contributed by atoms with E-state index in [9.17, 15) is 9.09 Å². The molecule has 1 atom stereocenters. The van der Waals surface area contributed by atoms with E-state index < -0.39 is 7.37 Å². The highest BCUT2D eigenvalue weighted by Crippen LogP contribution is 2.43. The van der Waals surface area contributed by atoms with Crippen molar-refractivity contribution in [3.8, 4) is 0 Å². The molecule has 0 aromatic carbocycles. The van der Waals surface area contributed by atoms with Crippen molar-refractivity contribution in [2.75, 3.05) is 12.8 Å². The average molecular weight is 370 g/mol. The first-order chi connectivity index (χ1) is 12.1. The Morgan fingerprint density at radius 2 is 1.20 bits per heavy atom. The summed E-state index contributed by atoms with van der Waals surface area (Å²) in [6.45, 7) is 3.57. The Labute approximate surface area is 154 Å². The molecule has 0 aliphatic carbocycles. The number of allylic oxidation sites excluding steroid dienone is 8. The van der Waals surface area contributed by atoms with Crippen LogP contribution in [-0.4, -0.2) is 12.8 Å². The molecule has 0 saturated carbocycles. The Bertz CT molecular complexity index is 453. The summed E-state index contributed by atoms with van der Waals surface area (Å²) in [5.74, 6) is 0. The van der Waals surface area contributed by atoms with Gasteiger partial charge in [-0.25, -0.2) is 0 Å². The van der Waals surface area contributed by atoms with Crippen LogP contribution in [0.1, 0.15) is 71.1 Å². The van der Waals surface area contributed by atoms with Crippen LogP contribution in [0.4, 0.5) is 4.53 Å². The highest BCUT2D eigenvalue weighted by molar-refractivity contribution is 7.58. The second-order valence-electron chi connectivity index (χ2n) is 6.39. The van der Waals surface area contributed by atoms with Gasteiger partial charge in [0.2, 0.25) is 7.37 Å². The topological polar surface area (TPSA) is 26.3 Å². The summed E-state index contributed by atoms with van der Waals surface area (Å²) >= 11 is 0. The smallest absolute Gasteiger partial charge is 0.238 e. The molecule has 0 aliphatic heterocycles. The van der Waals surface area contributed by atoms with E-state index >= 15 is 0 Å². The molecule has 0 fully saturated rings. The Hall–Kier alpha value is -0.920. The van der Waals surface area contributed by atoms with Crippen LogP contribution in [0.3, 0.4) is 0 Å². The van der Waals surface area contributed by atoms with Crippen molar-refractivity contribution in [3.05, 3.63) is 48.6 Å². The molecule has 0 saturated heterocycles. The van der Waals surface area contributed by atoms with E-state index in [1.807, 2.05) is 0 Å². The second kappa shape index (κ2) is 17.9. The molecule has 144 valence electrons. The Morgan fingerprint density at radius 1 is 0.760 bits per heavy atom. The molecule has 1 unspecified atom stereocenters. The van der Waals surface area contributed by atoms with Gasteiger partial charge in [0.1, 0.15) is 0 Å². The van der Waals surface area contributed by atoms with Gasteiger partial charge in [-0.2, -0.15) is 0 Å². The average Bonchev–Trinajstić information content (AvgIpc) is 2.60. The minimum atomic E-state index is -2.98. The molecule has 0 rings (SSSR count). The summed E-state index contributed by atoms with van der Waals surface area (Å²) in [5.41, 5.74) is 0. The third-order valence-corrected chi connectivity index (χ3v) is 5.21. The van der Waals surface area contributed by atoms with Crippen LogP contribution in [0.15, 0.2) is 48.6 Å². The highest BCUT2D eigenvalue weighted by atomic mass is 31.2. The van der Waals surface area contributed by atoms with Gasteiger partial charge in [-0.1, -0.05) is 68.4 Å². The molecular formula is C21H36FO2P. The van der Waals surface area contributed by atoms with E-state index in [4.69, 9.17) is 0 Å². The molecule has 0 aromatic rings. The van der Waals surface area contributed by atoms with Gasteiger partial charge in [0.25, 0.3) is 0 Å². The normalized spacial score (nSPS) is 15.2. The van der Waals surface area contributed by atoms with Crippen LogP contribution in [-0.2, 0) is 9.29 Å². The Balaban J connectivity index is 3.47. The quantitative estimate of drug-likeness (QED) is 0.157. The van der Waals surface area contributed by atoms with E-state index in [-0.39, 0.29) is 0 Å². The van der Waals surface area contributed by atoms with Crippen molar-refractivity contribution < 1.29 is 13.8 Å². The standard InChI is InChI=1S/C21H36FO2P/c1-3-4-5-6-7-8-9-10-11-12-13-14-15-16-17-18-19-20-21-25(2,23)24-22/h7-8,10-11,13-14,16-17H,3-6,9,12,15,18-21H2,1-2H3/b8-7-,11-10-,14-13-,17-16-. The van der Waals surface area contributed by atoms with Gasteiger partial charge in [-0.3, -0.25) is 4.57 Å². The maximum atomic E-state index is 11.9. The number of hydrogen-bond acceptors (Lipinski definition) is 2. The lowest BCUT2D eigenvalue weighted by molar-refractivity contribution is -0.00145. The molecule has 0 radical (unpaired) electrons. The summed E-state index contributed by atoms with van der Waals surface area (Å²) in [6, 6.07) is 0. The zero-order chi connectivity index (χ0) is 18.6. The minimum Gasteiger partial charge on any atom is -0.290 e. The fourth-order valence-electron chi connectivity index (χ4n) is 2.26. The van der Waals surface area contributed by atoms with Gasteiger partial charge in [-0.15, -0.1) is 4.73 Å². The summed E-state index contributed by atoms with van der Waals surface area (Å²) < 4.78 is 26.7. The summed E-state index contributed by atoms with van der Waals surface area (Å²) in [6.07, 6.45) is 28.5. The lowest BCUT2D eigenvalue weighted by Crippen LogP contribution is -1.88. The van der Waals surface area contributed by atoms with Crippen molar-refractivity contribution in [2.24, 2.45) is 0 Å². The van der Waals surface area contributed by atoms with Crippen LogP contribution < -0.4 is 0 Å². The van der Waals surface area contributed by atoms with Crippen molar-refractivity contribution in [2.45, 2.75) is 71.1 Å². The van der Waals surface area contributed by atoms with Gasteiger partial charge in [0.05, 0.1) is 0 Å². The van der Waals surface area contributed by atoms with Crippen molar-refractivity contribution >= 4 is 7.37 Å². The predicted molar refractivity (Wildman–Crippen MR) is 109 cm³/mol. The third kappa shape index (κ3) is 19.3. The van der Waals surface area contributed by atoms with Gasteiger partial charge < -0.3 is 0 Å². The van der Waals surface area contributed by atoms with E-state index in [2.05, 4.69) is 60.3 Å². The van der Waals surface area contributed by atoms with Crippen LogP contribution in [0.2, 0.25) is 0 Å². The van der Waals surface area contributed by atoms with Crippen molar-refractivity contribution in [1.29, 1.82) is 0 Å². The molecule has 25 heavy (non-hydrogen) atoms. The van der Waals surface area contributed by atoms with E-state index in [0.29, 0.717) is 6.16 Å². The lowest BCUT2D eigenvalue weighted by atomic mass is 10.2. The van der Waals surface area contributed by atoms with Crippen LogP contribution in [0, 0.1) is 0 Å². The monoisotopic (exact) mass is 370 g/mol. The van der Waals surface area contributed by atoms with Crippen LogP contribution >= 0.6 is 7.37 Å². The maximum absolute atomic E-state index is 11.9. The van der Waals surface area contributed by atoms with Gasteiger partial charge >= 0.3 is 0 Å². The predicted octanol–water partition coefficient (Wildman–Crippen LogP) is 7.94. The number of unbranched alkanes of at least 4 members (excludes halogenated alkanes) is 5. The SMILES string of the molecule is CCCCC/C=C\C/C=C\C/C=C\C/C=C\CCCCP(C)(=O)OF. The van der Waals surface area contributed by atoms with E-state index in [0.717, 1.165) is 38.5 Å². The van der Waals surface area contributed by atoms with Gasteiger partial charge in [-0.05, 0) is 55.9 Å². The number of hydrogen-bond donors (Lipinski definition) is 0. The number of halogens is 1. The zero-order valence-electron chi connectivity index (χ0n) is 16.0. The third-order valence-electron chi connectivity index (χ3n) is 3.79. The minimum absolute atomic E-state index is 0.317. The largest absolute Gasteiger partial charge is 0.290 e. The molecule has 0 heterocycles. The highest BCUT2D eigenvalue weighted by Gasteiger charge is 2.15. The van der Waals surface area contributed by atoms with Crippen LogP contribution in [0.5, 0.6) is 0 Å². The molecule has 2 nitrogen and oxygen atoms in total. The zero-order valence-corrected chi connectivity index (χ0v) is 16.9. The molecule has 0 bridgehead atoms. The number of rotatable bonds is 16. The molecule has 4 heteroatoms. The summed E-state index contributed by atoms with van der Waals surface area (Å²) in [7, 11) is -2.98.